The highest BCUT2D eigenvalue weighted by Gasteiger charge is 2.16. The minimum absolute atomic E-state index is 0.0695. The molecule has 1 aromatic carbocycles. The van der Waals surface area contributed by atoms with Gasteiger partial charge in [-0.1, -0.05) is 0 Å². The van der Waals surface area contributed by atoms with Crippen molar-refractivity contribution in [3.8, 4) is 5.75 Å². The van der Waals surface area contributed by atoms with Crippen LogP contribution in [0.4, 0.5) is 11.4 Å². The van der Waals surface area contributed by atoms with Gasteiger partial charge in [0, 0.05) is 12.7 Å². The lowest BCUT2D eigenvalue weighted by Crippen LogP contribution is -2.13. The first-order chi connectivity index (χ1) is 9.46. The van der Waals surface area contributed by atoms with E-state index in [-0.39, 0.29) is 10.6 Å². The van der Waals surface area contributed by atoms with Crippen molar-refractivity contribution in [3.05, 3.63) is 30.6 Å². The quantitative estimate of drug-likeness (QED) is 0.810. The van der Waals surface area contributed by atoms with Crippen LogP contribution in [0.3, 0.4) is 0 Å². The van der Waals surface area contributed by atoms with Crippen LogP contribution in [0.2, 0.25) is 0 Å². The molecular weight excluding hydrogens is 280 g/mol. The molecule has 0 radical (unpaired) electrons. The first kappa shape index (κ1) is 14.2. The molecule has 108 valence electrons. The van der Waals surface area contributed by atoms with Crippen LogP contribution in [0.15, 0.2) is 35.5 Å². The Bertz CT molecular complexity index is 709. The summed E-state index contributed by atoms with van der Waals surface area (Å²) in [4.78, 5) is 0.0695. The van der Waals surface area contributed by atoms with Gasteiger partial charge >= 0.3 is 0 Å². The van der Waals surface area contributed by atoms with E-state index in [1.165, 1.54) is 31.5 Å². The van der Waals surface area contributed by atoms with Crippen LogP contribution in [0.5, 0.6) is 5.75 Å². The Morgan fingerprint density at radius 3 is 2.75 bits per heavy atom. The molecule has 0 amide bonds. The van der Waals surface area contributed by atoms with Crippen molar-refractivity contribution < 1.29 is 13.2 Å². The Labute approximate surface area is 117 Å². The first-order valence-electron chi connectivity index (χ1n) is 5.95. The van der Waals surface area contributed by atoms with E-state index in [0.29, 0.717) is 18.0 Å². The number of aryl methyl sites for hydroxylation is 1. The normalized spacial score (nSPS) is 11.3. The maximum absolute atomic E-state index is 12.2. The fourth-order valence-corrected chi connectivity index (χ4v) is 2.75. The maximum Gasteiger partial charge on any atom is 0.262 e. The molecule has 1 aromatic heterocycles. The summed E-state index contributed by atoms with van der Waals surface area (Å²) in [7, 11) is -2.23. The minimum Gasteiger partial charge on any atom is -0.495 e. The first-order valence-corrected chi connectivity index (χ1v) is 7.43. The second kappa shape index (κ2) is 5.41. The molecule has 0 unspecified atom stereocenters. The topological polar surface area (TPSA) is 99.2 Å². The molecule has 0 bridgehead atoms. The van der Waals surface area contributed by atoms with Crippen LogP contribution in [0.25, 0.3) is 0 Å². The number of nitrogens with two attached hydrogens (primary N) is 1. The zero-order valence-electron chi connectivity index (χ0n) is 11.2. The van der Waals surface area contributed by atoms with E-state index in [9.17, 15) is 8.42 Å². The van der Waals surface area contributed by atoms with Crippen LogP contribution >= 0.6 is 0 Å². The standard InChI is InChI=1S/C12H16N4O3S/c1-3-16-8-9(7-14-16)15-20(17,18)10-4-5-12(19-2)11(13)6-10/h4-8,15H,3,13H2,1-2H3. The van der Waals surface area contributed by atoms with E-state index >= 15 is 0 Å². The number of nitrogen functional groups attached to an aromatic ring is 1. The van der Waals surface area contributed by atoms with Crippen molar-refractivity contribution in [3.63, 3.8) is 0 Å². The summed E-state index contributed by atoms with van der Waals surface area (Å²) in [6, 6.07) is 4.30. The average molecular weight is 296 g/mol. The smallest absolute Gasteiger partial charge is 0.262 e. The number of ether oxygens (including phenoxy) is 1. The highest BCUT2D eigenvalue weighted by atomic mass is 32.2. The summed E-state index contributed by atoms with van der Waals surface area (Å²) < 4.78 is 33.5. The lowest BCUT2D eigenvalue weighted by molar-refractivity contribution is 0.416. The van der Waals surface area contributed by atoms with E-state index in [2.05, 4.69) is 9.82 Å². The highest BCUT2D eigenvalue weighted by molar-refractivity contribution is 7.92. The summed E-state index contributed by atoms with van der Waals surface area (Å²) in [5.74, 6) is 0.433. The molecular formula is C12H16N4O3S. The number of nitrogens with zero attached hydrogens (tertiary/aromatic N) is 2. The van der Waals surface area contributed by atoms with Gasteiger partial charge in [0.2, 0.25) is 0 Å². The van der Waals surface area contributed by atoms with Crippen LogP contribution < -0.4 is 15.2 Å². The lowest BCUT2D eigenvalue weighted by Gasteiger charge is -2.09. The van der Waals surface area contributed by atoms with Crippen LogP contribution in [-0.4, -0.2) is 25.3 Å². The number of rotatable bonds is 5. The van der Waals surface area contributed by atoms with Crippen molar-refractivity contribution in [2.75, 3.05) is 17.6 Å². The Morgan fingerprint density at radius 1 is 1.45 bits per heavy atom. The Balaban J connectivity index is 2.28. The van der Waals surface area contributed by atoms with Gasteiger partial charge in [0.25, 0.3) is 10.0 Å². The van der Waals surface area contributed by atoms with E-state index in [1.807, 2.05) is 6.92 Å². The molecule has 8 heteroatoms. The van der Waals surface area contributed by atoms with Crippen molar-refractivity contribution >= 4 is 21.4 Å². The second-order valence-electron chi connectivity index (χ2n) is 4.09. The number of anilines is 2. The summed E-state index contributed by atoms with van der Waals surface area (Å²) in [6.07, 6.45) is 3.07. The van der Waals surface area contributed by atoms with Gasteiger partial charge in [0.05, 0.1) is 29.6 Å². The summed E-state index contributed by atoms with van der Waals surface area (Å²) in [6.45, 7) is 2.58. The molecule has 1 heterocycles. The summed E-state index contributed by atoms with van der Waals surface area (Å²) >= 11 is 0. The van der Waals surface area contributed by atoms with Crippen LogP contribution in [-0.2, 0) is 16.6 Å². The SMILES string of the molecule is CCn1cc(NS(=O)(=O)c2ccc(OC)c(N)c2)cn1. The number of nitrogens with one attached hydrogen (secondary N) is 1. The number of hydrogen-bond donors (Lipinski definition) is 2. The molecule has 2 rings (SSSR count). The predicted molar refractivity (Wildman–Crippen MR) is 76.1 cm³/mol. The van der Waals surface area contributed by atoms with Gasteiger partial charge in [-0.2, -0.15) is 5.10 Å². The van der Waals surface area contributed by atoms with Gasteiger partial charge in [-0.3, -0.25) is 9.40 Å². The Morgan fingerprint density at radius 2 is 2.20 bits per heavy atom. The zero-order valence-corrected chi connectivity index (χ0v) is 12.0. The number of sulfonamides is 1. The van der Waals surface area contributed by atoms with Gasteiger partial charge < -0.3 is 10.5 Å². The van der Waals surface area contributed by atoms with Crippen LogP contribution in [0, 0.1) is 0 Å². The third-order valence-corrected chi connectivity index (χ3v) is 4.10. The van der Waals surface area contributed by atoms with Crippen molar-refractivity contribution in [2.24, 2.45) is 0 Å². The molecule has 3 N–H and O–H groups in total. The minimum atomic E-state index is -3.69. The average Bonchev–Trinajstić information content (AvgIpc) is 2.85. The third-order valence-electron chi connectivity index (χ3n) is 2.72. The van der Waals surface area contributed by atoms with Crippen molar-refractivity contribution in [1.82, 2.24) is 9.78 Å². The monoisotopic (exact) mass is 296 g/mol. The number of methoxy groups -OCH3 is 1. The van der Waals surface area contributed by atoms with E-state index in [0.717, 1.165) is 0 Å². The number of hydrogen-bond acceptors (Lipinski definition) is 5. The van der Waals surface area contributed by atoms with Gasteiger partial charge in [-0.15, -0.1) is 0 Å². The molecule has 0 atom stereocenters. The van der Waals surface area contributed by atoms with Gasteiger partial charge in [0.15, 0.2) is 0 Å². The van der Waals surface area contributed by atoms with E-state index in [4.69, 9.17) is 10.5 Å². The Kier molecular flexibility index (Phi) is 3.84. The molecule has 0 saturated heterocycles. The third kappa shape index (κ3) is 2.85. The molecule has 0 fully saturated rings. The molecule has 0 spiro atoms. The summed E-state index contributed by atoms with van der Waals surface area (Å²) in [5.41, 5.74) is 6.38. The van der Waals surface area contributed by atoms with Gasteiger partial charge in [0.1, 0.15) is 5.75 Å². The molecule has 0 saturated carbocycles. The molecule has 2 aromatic rings. The summed E-state index contributed by atoms with van der Waals surface area (Å²) in [5, 5.41) is 4.00. The maximum atomic E-state index is 12.2. The fraction of sp³-hybridized carbons (Fsp3) is 0.250. The van der Waals surface area contributed by atoms with Crippen molar-refractivity contribution in [1.29, 1.82) is 0 Å². The second-order valence-corrected chi connectivity index (χ2v) is 5.78. The Hall–Kier alpha value is -2.22. The van der Waals surface area contributed by atoms with Crippen LogP contribution in [0.1, 0.15) is 6.92 Å². The fourth-order valence-electron chi connectivity index (χ4n) is 1.68. The van der Waals surface area contributed by atoms with Gasteiger partial charge in [-0.25, -0.2) is 8.42 Å². The lowest BCUT2D eigenvalue weighted by atomic mass is 10.3. The highest BCUT2D eigenvalue weighted by Crippen LogP contribution is 2.25. The van der Waals surface area contributed by atoms with Crippen molar-refractivity contribution in [2.45, 2.75) is 18.4 Å². The largest absolute Gasteiger partial charge is 0.495 e. The molecule has 20 heavy (non-hydrogen) atoms. The predicted octanol–water partition coefficient (Wildman–Crippen LogP) is 1.29. The van der Waals surface area contributed by atoms with E-state index in [1.54, 1.807) is 10.9 Å². The molecule has 0 aliphatic heterocycles. The number of aromatic nitrogens is 2. The zero-order chi connectivity index (χ0) is 14.8. The number of benzene rings is 1. The molecule has 0 aliphatic carbocycles. The molecule has 0 aliphatic rings. The van der Waals surface area contributed by atoms with E-state index < -0.39 is 10.0 Å². The molecule has 7 nitrogen and oxygen atoms in total. The van der Waals surface area contributed by atoms with Gasteiger partial charge in [-0.05, 0) is 25.1 Å².